The number of nitrogens with one attached hydrogen (secondary N) is 2. The van der Waals surface area contributed by atoms with Gasteiger partial charge in [0.1, 0.15) is 0 Å². The van der Waals surface area contributed by atoms with E-state index in [1.807, 2.05) is 42.2 Å². The lowest BCUT2D eigenvalue weighted by atomic mass is 9.97. The lowest BCUT2D eigenvalue weighted by Crippen LogP contribution is -2.45. The molecule has 2 N–H and O–H groups in total. The third kappa shape index (κ3) is 6.02. The van der Waals surface area contributed by atoms with E-state index in [-0.39, 0.29) is 11.8 Å². The summed E-state index contributed by atoms with van der Waals surface area (Å²) >= 11 is 0. The molecule has 0 spiro atoms. The van der Waals surface area contributed by atoms with Crippen LogP contribution in [0.5, 0.6) is 0 Å². The number of rotatable bonds is 7. The minimum atomic E-state index is -0.276. The van der Waals surface area contributed by atoms with Crippen LogP contribution in [0.25, 0.3) is 0 Å². The van der Waals surface area contributed by atoms with Crippen LogP contribution in [0.4, 0.5) is 0 Å². The SMILES string of the molecule is CCNC(=NCC(C(=O)N1CCOCC1)c1ccccc1)NC(C)CC. The van der Waals surface area contributed by atoms with Crippen molar-refractivity contribution < 1.29 is 9.53 Å². The standard InChI is InChI=1S/C20H32N4O2/c1-4-16(3)23-20(21-5-2)22-15-18(17-9-7-6-8-10-17)19(25)24-11-13-26-14-12-24/h6-10,16,18H,4-5,11-15H2,1-3H3,(H2,21,22,23). The van der Waals surface area contributed by atoms with Crippen molar-refractivity contribution in [1.82, 2.24) is 15.5 Å². The fourth-order valence-electron chi connectivity index (χ4n) is 2.85. The van der Waals surface area contributed by atoms with Crippen molar-refractivity contribution in [2.24, 2.45) is 4.99 Å². The molecule has 1 amide bonds. The third-order valence-corrected chi connectivity index (χ3v) is 4.59. The Hall–Kier alpha value is -2.08. The minimum absolute atomic E-state index is 0.127. The van der Waals surface area contributed by atoms with Crippen LogP contribution in [0.15, 0.2) is 35.3 Å². The second-order valence-electron chi connectivity index (χ2n) is 6.57. The highest BCUT2D eigenvalue weighted by Crippen LogP contribution is 2.20. The molecule has 0 saturated carbocycles. The Labute approximate surface area is 157 Å². The minimum Gasteiger partial charge on any atom is -0.378 e. The van der Waals surface area contributed by atoms with E-state index in [0.29, 0.717) is 38.9 Å². The van der Waals surface area contributed by atoms with E-state index in [1.165, 1.54) is 0 Å². The van der Waals surface area contributed by atoms with E-state index < -0.39 is 0 Å². The number of nitrogens with zero attached hydrogens (tertiary/aromatic N) is 2. The molecule has 0 bridgehead atoms. The van der Waals surface area contributed by atoms with Gasteiger partial charge in [-0.05, 0) is 25.8 Å². The maximum Gasteiger partial charge on any atom is 0.232 e. The average Bonchev–Trinajstić information content (AvgIpc) is 2.69. The molecule has 2 rings (SSSR count). The number of hydrogen-bond acceptors (Lipinski definition) is 3. The number of carbonyl (C=O) groups excluding carboxylic acids is 1. The maximum absolute atomic E-state index is 13.1. The first-order valence-corrected chi connectivity index (χ1v) is 9.62. The summed E-state index contributed by atoms with van der Waals surface area (Å²) in [5.74, 6) is 0.613. The molecule has 0 aliphatic carbocycles. The van der Waals surface area contributed by atoms with Crippen LogP contribution in [-0.2, 0) is 9.53 Å². The summed E-state index contributed by atoms with van der Waals surface area (Å²) < 4.78 is 5.38. The van der Waals surface area contributed by atoms with Gasteiger partial charge >= 0.3 is 0 Å². The normalized spacial score (nSPS) is 17.5. The van der Waals surface area contributed by atoms with Crippen LogP contribution in [0.1, 0.15) is 38.7 Å². The molecule has 6 heteroatoms. The summed E-state index contributed by atoms with van der Waals surface area (Å²) in [6.07, 6.45) is 1.01. The van der Waals surface area contributed by atoms with Gasteiger partial charge in [0.05, 0.1) is 25.7 Å². The van der Waals surface area contributed by atoms with E-state index in [2.05, 4.69) is 24.5 Å². The van der Waals surface area contributed by atoms with Crippen LogP contribution in [0.3, 0.4) is 0 Å². The highest BCUT2D eigenvalue weighted by Gasteiger charge is 2.27. The largest absolute Gasteiger partial charge is 0.378 e. The van der Waals surface area contributed by atoms with Crippen molar-refractivity contribution in [3.05, 3.63) is 35.9 Å². The second kappa shape index (κ2) is 10.8. The topological polar surface area (TPSA) is 66.0 Å². The molecule has 1 aliphatic heterocycles. The molecule has 26 heavy (non-hydrogen) atoms. The van der Waals surface area contributed by atoms with Gasteiger partial charge in [-0.2, -0.15) is 0 Å². The fourth-order valence-corrected chi connectivity index (χ4v) is 2.85. The quantitative estimate of drug-likeness (QED) is 0.576. The zero-order chi connectivity index (χ0) is 18.8. The third-order valence-electron chi connectivity index (χ3n) is 4.59. The number of aliphatic imine (C=N–C) groups is 1. The van der Waals surface area contributed by atoms with Gasteiger partial charge in [0, 0.05) is 25.7 Å². The first kappa shape index (κ1) is 20.2. The Morgan fingerprint density at radius 1 is 1.23 bits per heavy atom. The summed E-state index contributed by atoms with van der Waals surface area (Å²) in [5.41, 5.74) is 1.01. The van der Waals surface area contributed by atoms with Crippen molar-refractivity contribution in [3.63, 3.8) is 0 Å². The van der Waals surface area contributed by atoms with Gasteiger partial charge in [-0.3, -0.25) is 9.79 Å². The van der Waals surface area contributed by atoms with Gasteiger partial charge in [0.15, 0.2) is 5.96 Å². The lowest BCUT2D eigenvalue weighted by Gasteiger charge is -2.30. The molecule has 1 aliphatic rings. The summed E-state index contributed by atoms with van der Waals surface area (Å²) in [4.78, 5) is 19.7. The van der Waals surface area contributed by atoms with Crippen LogP contribution in [-0.4, -0.2) is 62.2 Å². The van der Waals surface area contributed by atoms with Crippen LogP contribution in [0, 0.1) is 0 Å². The molecular weight excluding hydrogens is 328 g/mol. The second-order valence-corrected chi connectivity index (χ2v) is 6.57. The smallest absolute Gasteiger partial charge is 0.232 e. The molecule has 1 heterocycles. The Morgan fingerprint density at radius 2 is 1.92 bits per heavy atom. The molecule has 144 valence electrons. The summed E-state index contributed by atoms with van der Waals surface area (Å²) in [5, 5.41) is 6.65. The van der Waals surface area contributed by atoms with Crippen LogP contribution < -0.4 is 10.6 Å². The Bertz CT molecular complexity index is 570. The molecule has 2 atom stereocenters. The summed E-state index contributed by atoms with van der Waals surface area (Å²) in [6.45, 7) is 10.0. The van der Waals surface area contributed by atoms with Gasteiger partial charge in [0.2, 0.25) is 5.91 Å². The first-order valence-electron chi connectivity index (χ1n) is 9.62. The highest BCUT2D eigenvalue weighted by atomic mass is 16.5. The van der Waals surface area contributed by atoms with Crippen molar-refractivity contribution in [1.29, 1.82) is 0 Å². The lowest BCUT2D eigenvalue weighted by molar-refractivity contribution is -0.136. The molecule has 0 radical (unpaired) electrons. The summed E-state index contributed by atoms with van der Waals surface area (Å²) in [7, 11) is 0. The molecule has 6 nitrogen and oxygen atoms in total. The molecule has 1 aromatic rings. The fraction of sp³-hybridized carbons (Fsp3) is 0.600. The number of benzene rings is 1. The molecule has 1 aromatic carbocycles. The van der Waals surface area contributed by atoms with E-state index in [0.717, 1.165) is 24.5 Å². The van der Waals surface area contributed by atoms with Gasteiger partial charge in [0.25, 0.3) is 0 Å². The molecular formula is C20H32N4O2. The van der Waals surface area contributed by atoms with Crippen molar-refractivity contribution in [2.75, 3.05) is 39.4 Å². The van der Waals surface area contributed by atoms with Gasteiger partial charge in [-0.25, -0.2) is 0 Å². The number of ether oxygens (including phenoxy) is 1. The van der Waals surface area contributed by atoms with Crippen LogP contribution in [0.2, 0.25) is 0 Å². The zero-order valence-electron chi connectivity index (χ0n) is 16.2. The number of guanidine groups is 1. The maximum atomic E-state index is 13.1. The van der Waals surface area contributed by atoms with E-state index in [1.54, 1.807) is 0 Å². The van der Waals surface area contributed by atoms with E-state index in [4.69, 9.17) is 9.73 Å². The predicted molar refractivity (Wildman–Crippen MR) is 105 cm³/mol. The molecule has 1 saturated heterocycles. The van der Waals surface area contributed by atoms with Crippen molar-refractivity contribution >= 4 is 11.9 Å². The van der Waals surface area contributed by atoms with Gasteiger partial charge < -0.3 is 20.3 Å². The van der Waals surface area contributed by atoms with Crippen molar-refractivity contribution in [3.8, 4) is 0 Å². The number of morpholine rings is 1. The number of amides is 1. The molecule has 2 unspecified atom stereocenters. The van der Waals surface area contributed by atoms with Crippen molar-refractivity contribution in [2.45, 2.75) is 39.2 Å². The summed E-state index contributed by atoms with van der Waals surface area (Å²) in [6, 6.07) is 10.3. The predicted octanol–water partition coefficient (Wildman–Crippen LogP) is 1.98. The number of carbonyl (C=O) groups is 1. The first-order chi connectivity index (χ1) is 12.7. The zero-order valence-corrected chi connectivity index (χ0v) is 16.2. The van der Waals surface area contributed by atoms with Gasteiger partial charge in [-0.15, -0.1) is 0 Å². The Kier molecular flexibility index (Phi) is 8.41. The van der Waals surface area contributed by atoms with E-state index in [9.17, 15) is 4.79 Å². The van der Waals surface area contributed by atoms with Crippen LogP contribution >= 0.6 is 0 Å². The molecule has 0 aromatic heterocycles. The highest BCUT2D eigenvalue weighted by molar-refractivity contribution is 5.85. The number of hydrogen-bond donors (Lipinski definition) is 2. The molecule has 1 fully saturated rings. The Morgan fingerprint density at radius 3 is 2.54 bits per heavy atom. The Balaban J connectivity index is 2.17. The van der Waals surface area contributed by atoms with Gasteiger partial charge in [-0.1, -0.05) is 37.3 Å². The van der Waals surface area contributed by atoms with E-state index >= 15 is 0 Å². The monoisotopic (exact) mass is 360 g/mol. The average molecular weight is 361 g/mol.